The van der Waals surface area contributed by atoms with Crippen LogP contribution in [0, 0.1) is 0 Å². The molecule has 4 bridgehead atoms. The van der Waals surface area contributed by atoms with E-state index in [1.807, 2.05) is 60.7 Å². The van der Waals surface area contributed by atoms with Crippen molar-refractivity contribution in [1.29, 1.82) is 0 Å². The minimum atomic E-state index is -0.688. The van der Waals surface area contributed by atoms with Gasteiger partial charge in [-0.05, 0) is 36.6 Å². The summed E-state index contributed by atoms with van der Waals surface area (Å²) in [6.45, 7) is 1.45. The van der Waals surface area contributed by atoms with Crippen LogP contribution >= 0.6 is 22.7 Å². The molecule has 2 aromatic carbocycles. The van der Waals surface area contributed by atoms with Gasteiger partial charge in [-0.3, -0.25) is 24.2 Å². The van der Waals surface area contributed by atoms with Crippen molar-refractivity contribution in [2.45, 2.75) is 31.5 Å². The van der Waals surface area contributed by atoms with E-state index in [4.69, 9.17) is 0 Å². The van der Waals surface area contributed by atoms with Gasteiger partial charge in [0.15, 0.2) is 0 Å². The van der Waals surface area contributed by atoms with Crippen molar-refractivity contribution in [3.05, 3.63) is 134 Å². The van der Waals surface area contributed by atoms with Gasteiger partial charge < -0.3 is 20.9 Å². The fourth-order valence-electron chi connectivity index (χ4n) is 5.19. The zero-order chi connectivity index (χ0) is 32.8. The molecule has 0 saturated carbocycles. The van der Waals surface area contributed by atoms with Gasteiger partial charge in [0, 0.05) is 23.5 Å². The van der Waals surface area contributed by atoms with Crippen LogP contribution in [0.4, 0.5) is 0 Å². The summed E-state index contributed by atoms with van der Waals surface area (Å²) in [4.78, 5) is 69.0. The topological polar surface area (TPSA) is 146 Å². The van der Waals surface area contributed by atoms with E-state index in [0.717, 1.165) is 11.1 Å². The van der Waals surface area contributed by atoms with E-state index < -0.39 is 41.8 Å². The van der Waals surface area contributed by atoms with Crippen molar-refractivity contribution in [2.24, 2.45) is 0 Å². The summed E-state index contributed by atoms with van der Waals surface area (Å²) < 4.78 is 0. The molecular weight excluding hydrogens is 635 g/mol. The Balaban J connectivity index is 1.38. The molecule has 1 aliphatic heterocycles. The molecule has 0 unspecified atom stereocenters. The molecule has 0 aliphatic carbocycles. The number of hydrogen-bond donors (Lipinski definition) is 3. The normalized spacial score (nSPS) is 19.1. The van der Waals surface area contributed by atoms with Crippen molar-refractivity contribution in [3.8, 4) is 0 Å². The van der Waals surface area contributed by atoms with Crippen LogP contribution in [0.3, 0.4) is 0 Å². The Kier molecular flexibility index (Phi) is 9.74. The molecule has 0 saturated heterocycles. The number of pyridine rings is 1. The second kappa shape index (κ2) is 14.4. The van der Waals surface area contributed by atoms with Crippen LogP contribution < -0.4 is 16.0 Å². The average Bonchev–Trinajstić information content (AvgIpc) is 3.79. The number of nitrogens with one attached hydrogen (secondary N) is 3. The van der Waals surface area contributed by atoms with Gasteiger partial charge in [-0.25, -0.2) is 9.97 Å². The Morgan fingerprint density at radius 1 is 0.809 bits per heavy atom. The maximum atomic E-state index is 13.7. The van der Waals surface area contributed by atoms with Gasteiger partial charge in [-0.1, -0.05) is 66.7 Å². The zero-order valence-corrected chi connectivity index (χ0v) is 27.0. The monoisotopic (exact) mass is 665 g/mol. The lowest BCUT2D eigenvalue weighted by Crippen LogP contribution is -2.46. The van der Waals surface area contributed by atoms with Crippen LogP contribution in [-0.2, 0) is 11.2 Å². The molecule has 0 fully saturated rings. The number of carbonyl (C=O) groups is 4. The number of hydrogen-bond acceptors (Lipinski definition) is 9. The maximum Gasteiger partial charge on any atom is 0.272 e. The van der Waals surface area contributed by atoms with E-state index in [9.17, 15) is 19.2 Å². The number of nitrogens with zero attached hydrogens (tertiary/aromatic N) is 4. The molecule has 4 amide bonds. The lowest BCUT2D eigenvalue weighted by Gasteiger charge is -2.28. The van der Waals surface area contributed by atoms with Gasteiger partial charge in [0.2, 0.25) is 5.91 Å². The number of aromatic nitrogens is 3. The van der Waals surface area contributed by atoms with E-state index in [0.29, 0.717) is 16.4 Å². The van der Waals surface area contributed by atoms with Gasteiger partial charge in [0.05, 0.1) is 24.7 Å². The molecule has 3 N–H and O–H groups in total. The second-order valence-electron chi connectivity index (χ2n) is 11.0. The summed E-state index contributed by atoms with van der Waals surface area (Å²) >= 11 is 2.53. The number of thiazole rings is 2. The van der Waals surface area contributed by atoms with Gasteiger partial charge in [0.25, 0.3) is 17.7 Å². The van der Waals surface area contributed by atoms with Crippen LogP contribution in [0.2, 0.25) is 0 Å². The van der Waals surface area contributed by atoms with E-state index in [2.05, 4.69) is 30.9 Å². The van der Waals surface area contributed by atoms with Crippen LogP contribution in [0.5, 0.6) is 0 Å². The summed E-state index contributed by atoms with van der Waals surface area (Å²) in [5, 5.41) is 13.4. The first-order valence-electron chi connectivity index (χ1n) is 14.9. The third-order valence-electron chi connectivity index (χ3n) is 7.56. The molecule has 3 atom stereocenters. The van der Waals surface area contributed by atoms with Gasteiger partial charge >= 0.3 is 0 Å². The molecule has 1 aliphatic rings. The number of benzene rings is 2. The molecule has 3 aromatic heterocycles. The summed E-state index contributed by atoms with van der Waals surface area (Å²) in [5.41, 5.74) is 2.26. The van der Waals surface area contributed by atoms with Crippen LogP contribution in [0.1, 0.15) is 77.7 Å². The molecule has 0 radical (unpaired) electrons. The lowest BCUT2D eigenvalue weighted by atomic mass is 10.1. The first-order valence-corrected chi connectivity index (χ1v) is 16.7. The minimum Gasteiger partial charge on any atom is -0.346 e. The highest BCUT2D eigenvalue weighted by Crippen LogP contribution is 2.25. The molecule has 5 aromatic rings. The van der Waals surface area contributed by atoms with Crippen molar-refractivity contribution in [1.82, 2.24) is 35.8 Å². The predicted octanol–water partition coefficient (Wildman–Crippen LogP) is 4.51. The largest absolute Gasteiger partial charge is 0.346 e. The first kappa shape index (κ1) is 31.7. The third-order valence-corrected chi connectivity index (χ3v) is 9.54. The van der Waals surface area contributed by atoms with Crippen molar-refractivity contribution < 1.29 is 19.2 Å². The van der Waals surface area contributed by atoms with Gasteiger partial charge in [-0.2, -0.15) is 0 Å². The molecule has 6 rings (SSSR count). The number of fused-ring (bicyclic) bond motifs is 4. The molecule has 238 valence electrons. The molecule has 11 nitrogen and oxygen atoms in total. The first-order chi connectivity index (χ1) is 22.8. The Bertz CT molecular complexity index is 1860. The van der Waals surface area contributed by atoms with E-state index in [1.165, 1.54) is 33.8 Å². The molecular formula is C34H31N7O4S2. The summed E-state index contributed by atoms with van der Waals surface area (Å²) in [7, 11) is 0. The molecule has 47 heavy (non-hydrogen) atoms. The quantitative estimate of drug-likeness (QED) is 0.256. The minimum absolute atomic E-state index is 0.0158. The summed E-state index contributed by atoms with van der Waals surface area (Å²) in [6, 6.07) is 22.1. The van der Waals surface area contributed by atoms with E-state index in [-0.39, 0.29) is 30.2 Å². The van der Waals surface area contributed by atoms with Gasteiger partial charge in [-0.15, -0.1) is 22.7 Å². The fourth-order valence-corrected chi connectivity index (χ4v) is 6.85. The zero-order valence-electron chi connectivity index (χ0n) is 25.3. The third kappa shape index (κ3) is 7.76. The van der Waals surface area contributed by atoms with Crippen molar-refractivity contribution in [3.63, 3.8) is 0 Å². The van der Waals surface area contributed by atoms with Crippen LogP contribution in [-0.4, -0.2) is 56.6 Å². The maximum absolute atomic E-state index is 13.7. The Hall–Kier alpha value is -5.27. The summed E-state index contributed by atoms with van der Waals surface area (Å²) in [6.07, 6.45) is 1.96. The molecule has 4 heterocycles. The highest BCUT2D eigenvalue weighted by Gasteiger charge is 2.29. The van der Waals surface area contributed by atoms with E-state index >= 15 is 0 Å². The van der Waals surface area contributed by atoms with Gasteiger partial charge in [0.1, 0.15) is 27.1 Å². The SMILES string of the molecule is C[C@@H]1NC(=O)CN(C(=O)c2ccccn2)C[C@@H](c2ccccc2)NC(=O)c2csc(n2)[C@@H](Cc2ccccc2)NC(=O)c2csc1n2. The Labute approximate surface area is 279 Å². The highest BCUT2D eigenvalue weighted by atomic mass is 32.1. The molecule has 13 heteroatoms. The Morgan fingerprint density at radius 3 is 2.15 bits per heavy atom. The fraction of sp³-hybridized carbons (Fsp3) is 0.206. The number of rotatable bonds is 4. The van der Waals surface area contributed by atoms with Crippen molar-refractivity contribution >= 4 is 46.3 Å². The second-order valence-corrected chi connectivity index (χ2v) is 12.8. The highest BCUT2D eigenvalue weighted by molar-refractivity contribution is 7.10. The summed E-state index contributed by atoms with van der Waals surface area (Å²) in [5.74, 6) is -1.76. The predicted molar refractivity (Wildman–Crippen MR) is 178 cm³/mol. The lowest BCUT2D eigenvalue weighted by molar-refractivity contribution is -0.122. The average molecular weight is 666 g/mol. The number of carbonyl (C=O) groups excluding carboxylic acids is 4. The Morgan fingerprint density at radius 2 is 1.45 bits per heavy atom. The molecule has 0 spiro atoms. The van der Waals surface area contributed by atoms with E-state index in [1.54, 1.807) is 35.9 Å². The van der Waals surface area contributed by atoms with Crippen molar-refractivity contribution in [2.75, 3.05) is 13.1 Å². The van der Waals surface area contributed by atoms with Crippen LogP contribution in [0.25, 0.3) is 0 Å². The smallest absolute Gasteiger partial charge is 0.272 e. The number of amides is 4. The standard InChI is InChI=1S/C34H31N7O4S2/c1-21-32-39-27(19-46-32)30(43)37-25(16-22-10-4-2-5-11-22)33-40-28(20-47-33)31(44)38-26(23-12-6-3-7-13-23)17-41(18-29(42)36-21)34(45)24-14-8-9-15-35-24/h2-15,19-21,25-26H,16-18H2,1H3,(H,36,42)(H,37,43)(H,38,44)/t21-,25+,26-/m0/s1. The van der Waals surface area contributed by atoms with Crippen LogP contribution in [0.15, 0.2) is 95.8 Å².